The summed E-state index contributed by atoms with van der Waals surface area (Å²) in [7, 11) is 0. The highest BCUT2D eigenvalue weighted by Gasteiger charge is 2.46. The van der Waals surface area contributed by atoms with Crippen LogP contribution < -0.4 is 10.6 Å². The van der Waals surface area contributed by atoms with Gasteiger partial charge in [-0.05, 0) is 18.3 Å². The Morgan fingerprint density at radius 3 is 2.28 bits per heavy atom. The van der Waals surface area contributed by atoms with Crippen LogP contribution in [0.3, 0.4) is 0 Å². The number of hydrogen-bond donors (Lipinski definition) is 4. The molecular weight excluding hydrogens is 240 g/mol. The van der Waals surface area contributed by atoms with Gasteiger partial charge in [0.15, 0.2) is 0 Å². The van der Waals surface area contributed by atoms with Crippen LogP contribution >= 0.6 is 0 Å². The average Bonchev–Trinajstić information content (AvgIpc) is 2.79. The highest BCUT2D eigenvalue weighted by molar-refractivity contribution is 5.83. The summed E-state index contributed by atoms with van der Waals surface area (Å²) in [5.74, 6) is -2.33. The van der Waals surface area contributed by atoms with Crippen molar-refractivity contribution >= 4 is 18.0 Å². The Kier molecular flexibility index (Phi) is 4.15. The Labute approximate surface area is 105 Å². The minimum absolute atomic E-state index is 0.0476. The zero-order chi connectivity index (χ0) is 13.9. The van der Waals surface area contributed by atoms with Crippen molar-refractivity contribution in [1.82, 2.24) is 10.6 Å². The Morgan fingerprint density at radius 2 is 1.89 bits per heavy atom. The Bertz CT molecular complexity index is 366. The van der Waals surface area contributed by atoms with Gasteiger partial charge in [-0.1, -0.05) is 13.8 Å². The van der Waals surface area contributed by atoms with Crippen LogP contribution in [0.25, 0.3) is 0 Å². The molecule has 1 aliphatic carbocycles. The molecule has 1 aliphatic rings. The number of hydrogen-bond acceptors (Lipinski definition) is 3. The van der Waals surface area contributed by atoms with Gasteiger partial charge in [-0.25, -0.2) is 9.59 Å². The van der Waals surface area contributed by atoms with Crippen molar-refractivity contribution in [3.05, 3.63) is 0 Å². The number of carboxylic acids is 2. The molecule has 0 aliphatic heterocycles. The predicted octanol–water partition coefficient (Wildman–Crippen LogP) is 0.402. The standard InChI is InChI=1S/C11H18N2O5/c1-11(2)5-7(11)13-10(18)12-6(9(16)17)3-4-8(14)15/h6-7H,3-5H2,1-2H3,(H,14,15)(H,16,17)(H2,12,13,18). The van der Waals surface area contributed by atoms with Crippen molar-refractivity contribution in [2.45, 2.75) is 45.2 Å². The van der Waals surface area contributed by atoms with Gasteiger partial charge in [0.2, 0.25) is 0 Å². The summed E-state index contributed by atoms with van der Waals surface area (Å²) in [5.41, 5.74) is 0.0527. The van der Waals surface area contributed by atoms with Crippen LogP contribution in [-0.2, 0) is 9.59 Å². The normalized spacial score (nSPS) is 21.8. The van der Waals surface area contributed by atoms with Crippen molar-refractivity contribution in [2.75, 3.05) is 0 Å². The molecule has 0 saturated heterocycles. The topological polar surface area (TPSA) is 116 Å². The van der Waals surface area contributed by atoms with Crippen LogP contribution in [0, 0.1) is 5.41 Å². The number of urea groups is 1. The van der Waals surface area contributed by atoms with Crippen LogP contribution in [0.1, 0.15) is 33.1 Å². The van der Waals surface area contributed by atoms with E-state index in [1.54, 1.807) is 0 Å². The second kappa shape index (κ2) is 5.24. The first-order valence-corrected chi connectivity index (χ1v) is 5.74. The quantitative estimate of drug-likeness (QED) is 0.550. The fourth-order valence-electron chi connectivity index (χ4n) is 1.60. The van der Waals surface area contributed by atoms with E-state index in [1.165, 1.54) is 0 Å². The lowest BCUT2D eigenvalue weighted by Crippen LogP contribution is -2.47. The van der Waals surface area contributed by atoms with Crippen LogP contribution in [0.5, 0.6) is 0 Å². The lowest BCUT2D eigenvalue weighted by atomic mass is 10.1. The van der Waals surface area contributed by atoms with Crippen LogP contribution in [0.4, 0.5) is 4.79 Å². The summed E-state index contributed by atoms with van der Waals surface area (Å²) in [6.45, 7) is 3.99. The SMILES string of the molecule is CC1(C)CC1NC(=O)NC(CCC(=O)O)C(=O)O. The van der Waals surface area contributed by atoms with E-state index in [4.69, 9.17) is 10.2 Å². The summed E-state index contributed by atoms with van der Waals surface area (Å²) in [6.07, 6.45) is 0.422. The van der Waals surface area contributed by atoms with Gasteiger partial charge in [0.05, 0.1) is 0 Å². The zero-order valence-corrected chi connectivity index (χ0v) is 10.4. The number of rotatable bonds is 6. The van der Waals surface area contributed by atoms with Crippen LogP contribution in [0.15, 0.2) is 0 Å². The monoisotopic (exact) mass is 258 g/mol. The van der Waals surface area contributed by atoms with Crippen molar-refractivity contribution in [1.29, 1.82) is 0 Å². The van der Waals surface area contributed by atoms with Gasteiger partial charge in [0, 0.05) is 12.5 Å². The number of nitrogens with one attached hydrogen (secondary N) is 2. The molecule has 0 spiro atoms. The summed E-state index contributed by atoms with van der Waals surface area (Å²) < 4.78 is 0. The third-order valence-corrected chi connectivity index (χ3v) is 3.07. The number of amides is 2. The van der Waals surface area contributed by atoms with Crippen LogP contribution in [-0.4, -0.2) is 40.3 Å². The van der Waals surface area contributed by atoms with E-state index in [0.717, 1.165) is 6.42 Å². The van der Waals surface area contributed by atoms with E-state index in [2.05, 4.69) is 10.6 Å². The van der Waals surface area contributed by atoms with Crippen molar-refractivity contribution in [3.8, 4) is 0 Å². The molecule has 0 aromatic heterocycles. The summed E-state index contributed by atoms with van der Waals surface area (Å²) in [6, 6.07) is -1.70. The Balaban J connectivity index is 2.38. The molecule has 1 fully saturated rings. The van der Waals surface area contributed by atoms with Crippen LogP contribution in [0.2, 0.25) is 0 Å². The second-order valence-corrected chi connectivity index (χ2v) is 5.19. The first kappa shape index (κ1) is 14.3. The molecule has 0 aromatic rings. The fourth-order valence-corrected chi connectivity index (χ4v) is 1.60. The maximum absolute atomic E-state index is 11.5. The molecule has 7 heteroatoms. The molecule has 0 radical (unpaired) electrons. The first-order chi connectivity index (χ1) is 8.22. The van der Waals surface area contributed by atoms with Gasteiger partial charge in [0.25, 0.3) is 0 Å². The first-order valence-electron chi connectivity index (χ1n) is 5.74. The smallest absolute Gasteiger partial charge is 0.326 e. The molecule has 4 N–H and O–H groups in total. The Morgan fingerprint density at radius 1 is 1.33 bits per heavy atom. The minimum atomic E-state index is -1.23. The lowest BCUT2D eigenvalue weighted by Gasteiger charge is -2.14. The second-order valence-electron chi connectivity index (χ2n) is 5.19. The van der Waals surface area contributed by atoms with Gasteiger partial charge in [0.1, 0.15) is 6.04 Å². The van der Waals surface area contributed by atoms with Crippen molar-refractivity contribution in [2.24, 2.45) is 5.41 Å². The third kappa shape index (κ3) is 4.23. The average molecular weight is 258 g/mol. The van der Waals surface area contributed by atoms with E-state index in [1.807, 2.05) is 13.8 Å². The number of carboxylic acid groups (broad SMARTS) is 2. The summed E-state index contributed by atoms with van der Waals surface area (Å²) in [4.78, 5) is 32.7. The van der Waals surface area contributed by atoms with E-state index in [9.17, 15) is 14.4 Å². The van der Waals surface area contributed by atoms with Gasteiger partial charge >= 0.3 is 18.0 Å². The Hall–Kier alpha value is -1.79. The molecule has 18 heavy (non-hydrogen) atoms. The molecule has 2 atom stereocenters. The maximum Gasteiger partial charge on any atom is 0.326 e. The molecule has 0 bridgehead atoms. The number of carbonyl (C=O) groups excluding carboxylic acids is 1. The molecule has 2 unspecified atom stereocenters. The zero-order valence-electron chi connectivity index (χ0n) is 10.4. The lowest BCUT2D eigenvalue weighted by molar-refractivity contribution is -0.140. The van der Waals surface area contributed by atoms with Crippen molar-refractivity contribution < 1.29 is 24.6 Å². The van der Waals surface area contributed by atoms with Gasteiger partial charge in [-0.3, -0.25) is 4.79 Å². The largest absolute Gasteiger partial charge is 0.481 e. The maximum atomic E-state index is 11.5. The van der Waals surface area contributed by atoms with Gasteiger partial charge in [-0.2, -0.15) is 0 Å². The summed E-state index contributed by atoms with van der Waals surface area (Å²) >= 11 is 0. The van der Waals surface area contributed by atoms with Crippen molar-refractivity contribution in [3.63, 3.8) is 0 Å². The van der Waals surface area contributed by atoms with Gasteiger partial charge in [-0.15, -0.1) is 0 Å². The molecular formula is C11H18N2O5. The minimum Gasteiger partial charge on any atom is -0.481 e. The molecule has 0 aromatic carbocycles. The molecule has 2 amide bonds. The molecule has 0 heterocycles. The molecule has 102 valence electrons. The fraction of sp³-hybridized carbons (Fsp3) is 0.727. The van der Waals surface area contributed by atoms with E-state index < -0.39 is 24.0 Å². The third-order valence-electron chi connectivity index (χ3n) is 3.07. The van der Waals surface area contributed by atoms with Gasteiger partial charge < -0.3 is 20.8 Å². The summed E-state index contributed by atoms with van der Waals surface area (Å²) in [5, 5.41) is 22.3. The van der Waals surface area contributed by atoms with E-state index in [0.29, 0.717) is 0 Å². The molecule has 1 saturated carbocycles. The van der Waals surface area contributed by atoms with E-state index in [-0.39, 0.29) is 24.3 Å². The molecule has 1 rings (SSSR count). The number of aliphatic carboxylic acids is 2. The number of carbonyl (C=O) groups is 3. The highest BCUT2D eigenvalue weighted by atomic mass is 16.4. The molecule has 7 nitrogen and oxygen atoms in total. The highest BCUT2D eigenvalue weighted by Crippen LogP contribution is 2.44. The van der Waals surface area contributed by atoms with E-state index >= 15 is 0 Å². The predicted molar refractivity (Wildman–Crippen MR) is 62.1 cm³/mol.